The fourth-order valence-electron chi connectivity index (χ4n) is 2.66. The van der Waals surface area contributed by atoms with Crippen molar-refractivity contribution in [2.45, 2.75) is 20.5 Å². The molecule has 2 amide bonds. The van der Waals surface area contributed by atoms with E-state index in [9.17, 15) is 14.4 Å². The van der Waals surface area contributed by atoms with Crippen LogP contribution < -0.4 is 4.74 Å². The third kappa shape index (κ3) is 5.97. The van der Waals surface area contributed by atoms with E-state index in [0.29, 0.717) is 12.4 Å². The maximum absolute atomic E-state index is 12.6. The van der Waals surface area contributed by atoms with Gasteiger partial charge in [-0.25, -0.2) is 0 Å². The molecule has 0 atom stereocenters. The van der Waals surface area contributed by atoms with Crippen molar-refractivity contribution in [3.63, 3.8) is 0 Å². The maximum atomic E-state index is 12.6. The molecule has 2 aromatic rings. The Balaban J connectivity index is 1.64. The second-order valence-corrected chi connectivity index (χ2v) is 8.18. The third-order valence-electron chi connectivity index (χ3n) is 4.14. The highest BCUT2D eigenvalue weighted by Crippen LogP contribution is 2.32. The number of rotatable bonds is 8. The van der Waals surface area contributed by atoms with E-state index in [4.69, 9.17) is 9.47 Å². The van der Waals surface area contributed by atoms with Crippen LogP contribution >= 0.6 is 11.8 Å². The van der Waals surface area contributed by atoms with Gasteiger partial charge in [0.1, 0.15) is 18.9 Å². The van der Waals surface area contributed by atoms with Gasteiger partial charge in [0.05, 0.1) is 11.5 Å². The molecule has 156 valence electrons. The van der Waals surface area contributed by atoms with Crippen LogP contribution in [0.2, 0.25) is 0 Å². The monoisotopic (exact) mass is 425 g/mol. The Morgan fingerprint density at radius 3 is 2.60 bits per heavy atom. The van der Waals surface area contributed by atoms with Crippen LogP contribution in [0.1, 0.15) is 25.0 Å². The van der Waals surface area contributed by atoms with Gasteiger partial charge in [-0.15, -0.1) is 0 Å². The van der Waals surface area contributed by atoms with Crippen molar-refractivity contribution in [1.82, 2.24) is 4.90 Å². The standard InChI is InChI=1S/C23H23NO5S/c1-16(2)14-29-21(25)13-24-22(26)20(30-23(24)27)12-18-9-6-10-19(11-18)28-15-17-7-4-3-5-8-17/h3-12,16H,13-15H2,1-2H3/b20-12+. The summed E-state index contributed by atoms with van der Waals surface area (Å²) in [6, 6.07) is 17.1. The smallest absolute Gasteiger partial charge is 0.326 e. The molecule has 2 aromatic carbocycles. The first kappa shape index (κ1) is 21.6. The highest BCUT2D eigenvalue weighted by Gasteiger charge is 2.36. The molecule has 3 rings (SSSR count). The predicted molar refractivity (Wildman–Crippen MR) is 116 cm³/mol. The SMILES string of the molecule is CC(C)COC(=O)CN1C(=O)S/C(=C/c2cccc(OCc3ccccc3)c2)C1=O. The summed E-state index contributed by atoms with van der Waals surface area (Å²) in [6.45, 7) is 4.12. The van der Waals surface area contributed by atoms with Crippen LogP contribution in [-0.2, 0) is 20.9 Å². The fraction of sp³-hybridized carbons (Fsp3) is 0.261. The number of carbonyl (C=O) groups excluding carboxylic acids is 3. The van der Waals surface area contributed by atoms with E-state index < -0.39 is 17.1 Å². The maximum Gasteiger partial charge on any atom is 0.326 e. The quantitative estimate of drug-likeness (QED) is 0.458. The number of thioether (sulfide) groups is 1. The van der Waals surface area contributed by atoms with E-state index >= 15 is 0 Å². The van der Waals surface area contributed by atoms with E-state index in [-0.39, 0.29) is 24.0 Å². The molecule has 0 spiro atoms. The highest BCUT2D eigenvalue weighted by atomic mass is 32.2. The molecule has 6 nitrogen and oxygen atoms in total. The average molecular weight is 426 g/mol. The second-order valence-electron chi connectivity index (χ2n) is 7.19. The topological polar surface area (TPSA) is 72.9 Å². The van der Waals surface area contributed by atoms with E-state index in [2.05, 4.69) is 0 Å². The largest absolute Gasteiger partial charge is 0.489 e. The molecule has 0 aromatic heterocycles. The van der Waals surface area contributed by atoms with E-state index in [1.807, 2.05) is 62.4 Å². The minimum atomic E-state index is -0.594. The molecule has 7 heteroatoms. The number of carbonyl (C=O) groups is 3. The molecule has 0 radical (unpaired) electrons. The Hall–Kier alpha value is -3.06. The molecule has 0 bridgehead atoms. The Kier molecular flexibility index (Phi) is 7.30. The molecule has 0 aliphatic carbocycles. The number of benzene rings is 2. The number of amides is 2. The van der Waals surface area contributed by atoms with Gasteiger partial charge in [-0.3, -0.25) is 19.3 Å². The Labute approximate surface area is 179 Å². The summed E-state index contributed by atoms with van der Waals surface area (Å²) in [4.78, 5) is 37.8. The predicted octanol–water partition coefficient (Wildman–Crippen LogP) is 4.50. The first-order chi connectivity index (χ1) is 14.4. The van der Waals surface area contributed by atoms with Crippen LogP contribution in [0.4, 0.5) is 4.79 Å². The van der Waals surface area contributed by atoms with E-state index in [0.717, 1.165) is 27.8 Å². The van der Waals surface area contributed by atoms with E-state index in [1.165, 1.54) is 0 Å². The number of hydrogen-bond donors (Lipinski definition) is 0. The van der Waals surface area contributed by atoms with Crippen LogP contribution in [0.15, 0.2) is 59.5 Å². The molecular weight excluding hydrogens is 402 g/mol. The van der Waals surface area contributed by atoms with Crippen molar-refractivity contribution in [2.75, 3.05) is 13.2 Å². The van der Waals surface area contributed by atoms with Crippen molar-refractivity contribution in [2.24, 2.45) is 5.92 Å². The lowest BCUT2D eigenvalue weighted by molar-refractivity contribution is -0.147. The summed E-state index contributed by atoms with van der Waals surface area (Å²) in [6.07, 6.45) is 1.62. The third-order valence-corrected chi connectivity index (χ3v) is 5.05. The molecular formula is C23H23NO5S. The summed E-state index contributed by atoms with van der Waals surface area (Å²) in [7, 11) is 0. The molecule has 1 fully saturated rings. The first-order valence-corrected chi connectivity index (χ1v) is 10.4. The van der Waals surface area contributed by atoms with Gasteiger partial charge >= 0.3 is 5.97 Å². The van der Waals surface area contributed by atoms with Crippen molar-refractivity contribution >= 4 is 35.0 Å². The Bertz CT molecular complexity index is 955. The molecule has 1 aliphatic rings. The van der Waals surface area contributed by atoms with Crippen LogP contribution in [0.5, 0.6) is 5.75 Å². The van der Waals surface area contributed by atoms with Crippen LogP contribution in [0.25, 0.3) is 6.08 Å². The molecule has 1 aliphatic heterocycles. The van der Waals surface area contributed by atoms with Gasteiger partial charge in [0.15, 0.2) is 0 Å². The van der Waals surface area contributed by atoms with Crippen LogP contribution in [0.3, 0.4) is 0 Å². The Morgan fingerprint density at radius 1 is 1.10 bits per heavy atom. The number of nitrogens with zero attached hydrogens (tertiary/aromatic N) is 1. The van der Waals surface area contributed by atoms with Crippen LogP contribution in [-0.4, -0.2) is 35.2 Å². The molecule has 0 saturated carbocycles. The van der Waals surface area contributed by atoms with Gasteiger partial charge in [0, 0.05) is 0 Å². The number of imide groups is 1. The number of hydrogen-bond acceptors (Lipinski definition) is 6. The van der Waals surface area contributed by atoms with Gasteiger partial charge in [-0.2, -0.15) is 0 Å². The van der Waals surface area contributed by atoms with Crippen molar-refractivity contribution in [3.8, 4) is 5.75 Å². The minimum Gasteiger partial charge on any atom is -0.489 e. The van der Waals surface area contributed by atoms with Crippen LogP contribution in [0, 0.1) is 5.92 Å². The second kappa shape index (κ2) is 10.1. The summed E-state index contributed by atoms with van der Waals surface area (Å²) in [5.41, 5.74) is 1.78. The Morgan fingerprint density at radius 2 is 1.87 bits per heavy atom. The van der Waals surface area contributed by atoms with Crippen molar-refractivity contribution < 1.29 is 23.9 Å². The van der Waals surface area contributed by atoms with Crippen molar-refractivity contribution in [3.05, 3.63) is 70.6 Å². The summed E-state index contributed by atoms with van der Waals surface area (Å²) in [5, 5.41) is -0.482. The van der Waals surface area contributed by atoms with Crippen molar-refractivity contribution in [1.29, 1.82) is 0 Å². The highest BCUT2D eigenvalue weighted by molar-refractivity contribution is 8.18. The lowest BCUT2D eigenvalue weighted by atomic mass is 10.2. The summed E-state index contributed by atoms with van der Waals surface area (Å²) >= 11 is 0.809. The molecule has 30 heavy (non-hydrogen) atoms. The lowest BCUT2D eigenvalue weighted by Gasteiger charge is -2.12. The molecule has 0 unspecified atom stereocenters. The normalized spacial score (nSPS) is 15.2. The fourth-order valence-corrected chi connectivity index (χ4v) is 3.50. The summed E-state index contributed by atoms with van der Waals surface area (Å²) in [5.74, 6) is -0.255. The summed E-state index contributed by atoms with van der Waals surface area (Å²) < 4.78 is 10.9. The molecule has 0 N–H and O–H groups in total. The van der Waals surface area contributed by atoms with Gasteiger partial charge in [0.2, 0.25) is 0 Å². The van der Waals surface area contributed by atoms with Gasteiger partial charge in [-0.05, 0) is 47.0 Å². The van der Waals surface area contributed by atoms with E-state index in [1.54, 1.807) is 12.1 Å². The number of ether oxygens (including phenoxy) is 2. The zero-order valence-corrected chi connectivity index (χ0v) is 17.7. The lowest BCUT2D eigenvalue weighted by Crippen LogP contribution is -2.34. The average Bonchev–Trinajstić information content (AvgIpc) is 2.99. The molecule has 1 heterocycles. The first-order valence-electron chi connectivity index (χ1n) is 9.60. The number of esters is 1. The van der Waals surface area contributed by atoms with Gasteiger partial charge in [-0.1, -0.05) is 56.3 Å². The molecule has 1 saturated heterocycles. The van der Waals surface area contributed by atoms with Gasteiger partial charge in [0.25, 0.3) is 11.1 Å². The van der Waals surface area contributed by atoms with Gasteiger partial charge < -0.3 is 9.47 Å². The minimum absolute atomic E-state index is 0.181. The zero-order chi connectivity index (χ0) is 21.5. The zero-order valence-electron chi connectivity index (χ0n) is 16.9.